The lowest BCUT2D eigenvalue weighted by molar-refractivity contribution is -0.0809. The van der Waals surface area contributed by atoms with Crippen molar-refractivity contribution in [3.05, 3.63) is 149 Å². The van der Waals surface area contributed by atoms with Crippen molar-refractivity contribution in [1.82, 2.24) is 38.6 Å². The first kappa shape index (κ1) is 59.1. The molecule has 3 unspecified atom stereocenters. The molecule has 4 aliphatic rings. The number of imidazole rings is 1. The molecule has 7 heterocycles. The fourth-order valence-electron chi connectivity index (χ4n) is 9.67. The number of aryl methyl sites for hydroxylation is 1. The third kappa shape index (κ3) is 12.6. The zero-order chi connectivity index (χ0) is 58.4. The van der Waals surface area contributed by atoms with Crippen LogP contribution in [0.2, 0.25) is 0 Å². The Labute approximate surface area is 465 Å². The first-order chi connectivity index (χ1) is 39.0. The Hall–Kier alpha value is -6.03. The van der Waals surface area contributed by atoms with Crippen LogP contribution in [0.1, 0.15) is 74.5 Å². The maximum Gasteiger partial charge on any atom is 0.472 e. The monoisotopic (exact) mass is 1220 g/mol. The van der Waals surface area contributed by atoms with Gasteiger partial charge in [0.15, 0.2) is 29.3 Å². The number of nitrogens with two attached hydrogens (primary N) is 1. The Bertz CT molecular complexity index is 3840. The minimum absolute atomic E-state index is 0.00948. The lowest BCUT2D eigenvalue weighted by atomic mass is 9.83. The molecular formula is C46H50N9O23P3S. The van der Waals surface area contributed by atoms with Crippen LogP contribution in [0.4, 0.5) is 5.82 Å². The predicted octanol–water partition coefficient (Wildman–Crippen LogP) is 1.08. The average molecular weight is 1220 g/mol. The SMILES string of the molecule is Cc1cn([C@H]2C[C@H](OP(=O)(O)OCCS)[C@@H](COP(=O)(O)O[C@H]3[C@@H](OCc4ccc5c(c4)C(=O)c4ccccc4C5=O)[C@H](n4ccc(=O)[nH]c4=O)O[C@@H]3COP(=O)(O)O[C@H]3C[C@H](n4cnc5c(N)ncnc54)O[C@@H]3CO)O2)c(=O)[nH]c1=O. The van der Waals surface area contributed by atoms with Gasteiger partial charge in [-0.15, -0.1) is 0 Å². The molecule has 82 heavy (non-hydrogen) atoms. The number of benzene rings is 2. The number of fused-ring (bicyclic) bond motifs is 3. The molecule has 36 heteroatoms. The Morgan fingerprint density at radius 3 is 2.04 bits per heavy atom. The van der Waals surface area contributed by atoms with E-state index in [-0.39, 0.29) is 69.1 Å². The van der Waals surface area contributed by atoms with Crippen LogP contribution in [-0.2, 0) is 66.4 Å². The minimum Gasteiger partial charge on any atom is -0.394 e. The van der Waals surface area contributed by atoms with Crippen molar-refractivity contribution in [2.24, 2.45) is 0 Å². The molecule has 0 saturated carbocycles. The minimum atomic E-state index is -5.63. The molecule has 3 aliphatic heterocycles. The maximum absolute atomic E-state index is 14.4. The average Bonchev–Trinajstić information content (AvgIpc) is 4.38. The van der Waals surface area contributed by atoms with E-state index >= 15 is 0 Å². The second-order valence-electron chi connectivity index (χ2n) is 18.8. The van der Waals surface area contributed by atoms with E-state index in [9.17, 15) is 62.2 Å². The number of ether oxygens (including phenoxy) is 4. The number of phosphoric ester groups is 3. The van der Waals surface area contributed by atoms with Crippen molar-refractivity contribution in [2.45, 2.75) is 87.8 Å². The van der Waals surface area contributed by atoms with Crippen LogP contribution >= 0.6 is 36.1 Å². The number of anilines is 1. The number of nitrogen functional groups attached to an aromatic ring is 1. The summed E-state index contributed by atoms with van der Waals surface area (Å²) in [6.45, 7) is -2.32. The molecule has 0 amide bonds. The van der Waals surface area contributed by atoms with Crippen LogP contribution in [0.15, 0.2) is 92.8 Å². The highest BCUT2D eigenvalue weighted by Gasteiger charge is 2.53. The van der Waals surface area contributed by atoms with Crippen LogP contribution in [0.5, 0.6) is 0 Å². The predicted molar refractivity (Wildman–Crippen MR) is 279 cm³/mol. The smallest absolute Gasteiger partial charge is 0.394 e. The number of nitrogens with zero attached hydrogens (tertiary/aromatic N) is 6. The van der Waals surface area contributed by atoms with E-state index in [4.69, 9.17) is 51.8 Å². The molecule has 32 nitrogen and oxygen atoms in total. The van der Waals surface area contributed by atoms with Gasteiger partial charge in [0.25, 0.3) is 11.1 Å². The van der Waals surface area contributed by atoms with Crippen LogP contribution in [0.3, 0.4) is 0 Å². The number of H-pyrrole nitrogens is 2. The third-order valence-corrected chi connectivity index (χ3v) is 16.7. The summed E-state index contributed by atoms with van der Waals surface area (Å²) in [6, 6.07) is 11.3. The van der Waals surface area contributed by atoms with Gasteiger partial charge in [0.1, 0.15) is 67.0 Å². The lowest BCUT2D eigenvalue weighted by Gasteiger charge is -2.28. The summed E-state index contributed by atoms with van der Waals surface area (Å²) in [4.78, 5) is 128. The van der Waals surface area contributed by atoms with Crippen molar-refractivity contribution >= 4 is 64.6 Å². The van der Waals surface area contributed by atoms with Gasteiger partial charge < -0.3 is 44.5 Å². The van der Waals surface area contributed by atoms with E-state index in [2.05, 4.69) is 37.5 Å². The number of aliphatic hydroxyl groups excluding tert-OH is 1. The number of aromatic amines is 2. The summed E-state index contributed by atoms with van der Waals surface area (Å²) in [6.07, 6.45) is -11.4. The van der Waals surface area contributed by atoms with E-state index in [1.807, 2.05) is 0 Å². The zero-order valence-corrected chi connectivity index (χ0v) is 46.0. The Morgan fingerprint density at radius 1 is 0.720 bits per heavy atom. The number of hydrogen-bond donors (Lipinski definition) is 8. The maximum atomic E-state index is 14.4. The summed E-state index contributed by atoms with van der Waals surface area (Å²) >= 11 is 3.96. The normalized spacial score (nSPS) is 26.6. The van der Waals surface area contributed by atoms with Gasteiger partial charge in [-0.3, -0.25) is 70.0 Å². The van der Waals surface area contributed by atoms with Crippen LogP contribution in [0, 0.1) is 6.92 Å². The van der Waals surface area contributed by atoms with Gasteiger partial charge in [-0.1, -0.05) is 30.3 Å². The van der Waals surface area contributed by atoms with Crippen LogP contribution in [-0.4, -0.2) is 145 Å². The molecule has 13 atom stereocenters. The summed E-state index contributed by atoms with van der Waals surface area (Å²) in [5.41, 5.74) is 3.49. The van der Waals surface area contributed by atoms with E-state index in [1.54, 1.807) is 12.1 Å². The van der Waals surface area contributed by atoms with Crippen LogP contribution < -0.4 is 28.2 Å². The molecule has 0 spiro atoms. The van der Waals surface area contributed by atoms with Crippen LogP contribution in [0.25, 0.3) is 11.2 Å². The summed E-state index contributed by atoms with van der Waals surface area (Å²) in [5.74, 6) is -0.867. The largest absolute Gasteiger partial charge is 0.472 e. The highest BCUT2D eigenvalue weighted by molar-refractivity contribution is 7.80. The molecule has 2 aromatic carbocycles. The zero-order valence-electron chi connectivity index (χ0n) is 42.5. The molecule has 6 aromatic rings. The topological polar surface area (TPSA) is 438 Å². The van der Waals surface area contributed by atoms with Crippen molar-refractivity contribution in [1.29, 1.82) is 0 Å². The molecule has 3 saturated heterocycles. The van der Waals surface area contributed by atoms with Gasteiger partial charge in [0.05, 0.1) is 39.4 Å². The standard InChI is InChI=1S/C46H50N9O23P3S/c1-22-15-54(46(62)52-43(22)60)34-14-29(77-79(63,64)70-10-11-82)31(74-34)18-71-81(67,68)78-39-32(19-72-80(65,66)76-28-13-35(73-30(28)16-56)55-21-50-36-41(47)48-20-49-42(36)55)75-44(53-9-8-33(57)51-45(53)61)40(39)69-17-23-6-7-26-27(12-23)38(59)25-5-3-2-4-24(25)37(26)58/h2-9,12,15,20-21,28-32,34-35,39-40,44,56,82H,10-11,13-14,16-19H2,1H3,(H,63,64)(H,65,66)(H,67,68)(H2,47,48,49)(H,51,57,61)(H,52,60,62)/t28-,29-,30+,31+,32+,34+,35+,39+,40+,44+/m0/s1. The van der Waals surface area contributed by atoms with Gasteiger partial charge in [0.2, 0.25) is 0 Å². The fraction of sp³-hybridized carbons (Fsp3) is 0.413. The molecule has 4 aromatic heterocycles. The Balaban J connectivity index is 0.942. The first-order valence-corrected chi connectivity index (χ1v) is 29.8. The molecule has 8 N–H and O–H groups in total. The van der Waals surface area contributed by atoms with Gasteiger partial charge in [-0.05, 0) is 24.6 Å². The molecule has 3 fully saturated rings. The van der Waals surface area contributed by atoms with E-state index in [1.165, 1.54) is 54.5 Å². The van der Waals surface area contributed by atoms with Gasteiger partial charge in [-0.2, -0.15) is 12.6 Å². The van der Waals surface area contributed by atoms with Gasteiger partial charge in [0, 0.05) is 64.9 Å². The van der Waals surface area contributed by atoms with E-state index < -0.39 is 152 Å². The number of phosphoric acid groups is 3. The highest BCUT2D eigenvalue weighted by atomic mass is 32.1. The number of rotatable bonds is 22. The van der Waals surface area contributed by atoms with Crippen molar-refractivity contribution < 1.29 is 89.2 Å². The quantitative estimate of drug-likeness (QED) is 0.0348. The van der Waals surface area contributed by atoms with Crippen molar-refractivity contribution in [3.8, 4) is 0 Å². The first-order valence-electron chi connectivity index (χ1n) is 24.7. The van der Waals surface area contributed by atoms with Gasteiger partial charge >= 0.3 is 34.8 Å². The third-order valence-electron chi connectivity index (χ3n) is 13.5. The fourth-order valence-corrected chi connectivity index (χ4v) is 12.8. The number of nitrogens with one attached hydrogen (secondary N) is 2. The van der Waals surface area contributed by atoms with Crippen molar-refractivity contribution in [2.75, 3.05) is 37.9 Å². The van der Waals surface area contributed by atoms with E-state index in [0.29, 0.717) is 0 Å². The molecule has 1 aliphatic carbocycles. The number of aromatic nitrogens is 8. The molecule has 10 rings (SSSR count). The van der Waals surface area contributed by atoms with E-state index in [0.717, 1.165) is 27.6 Å². The number of aliphatic hydroxyl groups is 1. The number of carbonyl (C=O) groups excluding carboxylic acids is 2. The summed E-state index contributed by atoms with van der Waals surface area (Å²) < 4.78 is 101. The van der Waals surface area contributed by atoms with Crippen molar-refractivity contribution in [3.63, 3.8) is 0 Å². The summed E-state index contributed by atoms with van der Waals surface area (Å²) in [7, 11) is -15.9. The number of carbonyl (C=O) groups is 2. The second-order valence-corrected chi connectivity index (χ2v) is 23.5. The number of thiol groups is 1. The Kier molecular flexibility index (Phi) is 17.2. The molecular weight excluding hydrogens is 1170 g/mol. The Morgan fingerprint density at radius 2 is 1.34 bits per heavy atom. The number of hydrogen-bond acceptors (Lipinski definition) is 25. The lowest BCUT2D eigenvalue weighted by Crippen LogP contribution is -2.40. The molecule has 438 valence electrons. The summed E-state index contributed by atoms with van der Waals surface area (Å²) in [5, 5.41) is 10.3. The molecule has 0 radical (unpaired) electrons. The van der Waals surface area contributed by atoms with Gasteiger partial charge in [-0.25, -0.2) is 38.2 Å². The second kappa shape index (κ2) is 23.9. The highest BCUT2D eigenvalue weighted by Crippen LogP contribution is 2.54. The molecule has 0 bridgehead atoms. The number of ketones is 2.